The number of hydrogen-bond acceptors (Lipinski definition) is 3. The van der Waals surface area contributed by atoms with E-state index in [2.05, 4.69) is 10.5 Å². The Hall–Kier alpha value is -1.32. The lowest BCUT2D eigenvalue weighted by Gasteiger charge is -2.42. The van der Waals surface area contributed by atoms with E-state index in [1.165, 1.54) is 38.5 Å². The van der Waals surface area contributed by atoms with Crippen LogP contribution in [0.1, 0.15) is 50.5 Å². The lowest BCUT2D eigenvalue weighted by Crippen LogP contribution is -2.35. The number of aromatic nitrogens is 1. The predicted octanol–water partition coefficient (Wildman–Crippen LogP) is 3.53. The van der Waals surface area contributed by atoms with Crippen LogP contribution in [0.25, 0.3) is 0 Å². The third-order valence-corrected chi connectivity index (χ3v) is 4.94. The summed E-state index contributed by atoms with van der Waals surface area (Å²) in [6.07, 6.45) is 10.2. The maximum absolute atomic E-state index is 12.2. The molecule has 1 N–H and O–H groups in total. The van der Waals surface area contributed by atoms with Gasteiger partial charge in [-0.3, -0.25) is 4.79 Å². The predicted molar refractivity (Wildman–Crippen MR) is 72.7 cm³/mol. The summed E-state index contributed by atoms with van der Waals surface area (Å²) < 4.78 is 4.85. The van der Waals surface area contributed by atoms with Gasteiger partial charge in [-0.05, 0) is 24.7 Å². The van der Waals surface area contributed by atoms with Crippen molar-refractivity contribution < 1.29 is 9.32 Å². The van der Waals surface area contributed by atoms with E-state index < -0.39 is 0 Å². The zero-order valence-corrected chi connectivity index (χ0v) is 11.5. The zero-order valence-electron chi connectivity index (χ0n) is 11.5. The molecular formula is C15H22N2O2. The first kappa shape index (κ1) is 12.7. The summed E-state index contributed by atoms with van der Waals surface area (Å²) in [4.78, 5) is 12.2. The molecule has 3 rings (SSSR count). The highest BCUT2D eigenvalue weighted by Gasteiger charge is 2.37. The molecule has 2 fully saturated rings. The summed E-state index contributed by atoms with van der Waals surface area (Å²) in [5.41, 5.74) is 0.886. The summed E-state index contributed by atoms with van der Waals surface area (Å²) in [6.45, 7) is 1.89. The fraction of sp³-hybridized carbons (Fsp3) is 0.733. The molecule has 4 nitrogen and oxygen atoms in total. The average molecular weight is 262 g/mol. The van der Waals surface area contributed by atoms with E-state index in [4.69, 9.17) is 4.52 Å². The highest BCUT2D eigenvalue weighted by Crippen LogP contribution is 2.46. The second-order valence-corrected chi connectivity index (χ2v) is 6.14. The molecule has 2 aliphatic rings. The standard InChI is InChI=1S/C15H22N2O2/c1-10-9-19-17-15(10)16-14(18)8-13(11-4-2-5-11)12-6-3-7-12/h9,11-13H,2-8H2,1H3,(H,16,17,18). The summed E-state index contributed by atoms with van der Waals surface area (Å²) in [6, 6.07) is 0. The summed E-state index contributed by atoms with van der Waals surface area (Å²) >= 11 is 0. The van der Waals surface area contributed by atoms with E-state index in [-0.39, 0.29) is 5.91 Å². The summed E-state index contributed by atoms with van der Waals surface area (Å²) in [5, 5.41) is 6.70. The van der Waals surface area contributed by atoms with Gasteiger partial charge in [0.25, 0.3) is 0 Å². The Morgan fingerprint density at radius 1 is 1.37 bits per heavy atom. The van der Waals surface area contributed by atoms with E-state index >= 15 is 0 Å². The van der Waals surface area contributed by atoms with Gasteiger partial charge in [0.2, 0.25) is 5.91 Å². The molecule has 2 saturated carbocycles. The van der Waals surface area contributed by atoms with Crippen molar-refractivity contribution in [3.8, 4) is 0 Å². The average Bonchev–Trinajstić information content (AvgIpc) is 2.59. The van der Waals surface area contributed by atoms with Gasteiger partial charge < -0.3 is 9.84 Å². The third kappa shape index (κ3) is 2.67. The lowest BCUT2D eigenvalue weighted by atomic mass is 9.63. The van der Waals surface area contributed by atoms with Crippen molar-refractivity contribution in [3.05, 3.63) is 11.8 Å². The molecule has 2 aliphatic carbocycles. The van der Waals surface area contributed by atoms with Crippen LogP contribution in [0.2, 0.25) is 0 Å². The number of carbonyl (C=O) groups excluding carboxylic acids is 1. The maximum atomic E-state index is 12.2. The van der Waals surface area contributed by atoms with Crippen LogP contribution in [0.5, 0.6) is 0 Å². The van der Waals surface area contributed by atoms with E-state index in [0.29, 0.717) is 18.2 Å². The fourth-order valence-electron chi connectivity index (χ4n) is 3.26. The van der Waals surface area contributed by atoms with E-state index in [1.54, 1.807) is 6.26 Å². The SMILES string of the molecule is Cc1conc1NC(=O)CC(C1CCC1)C1CCC1. The first-order valence-corrected chi connectivity index (χ1v) is 7.45. The van der Waals surface area contributed by atoms with Gasteiger partial charge in [0.1, 0.15) is 6.26 Å². The number of anilines is 1. The van der Waals surface area contributed by atoms with Crippen LogP contribution in [0.15, 0.2) is 10.8 Å². The minimum atomic E-state index is 0.0980. The van der Waals surface area contributed by atoms with E-state index in [0.717, 1.165) is 17.4 Å². The van der Waals surface area contributed by atoms with Gasteiger partial charge in [-0.2, -0.15) is 0 Å². The topological polar surface area (TPSA) is 55.1 Å². The molecule has 0 bridgehead atoms. The molecule has 19 heavy (non-hydrogen) atoms. The lowest BCUT2D eigenvalue weighted by molar-refractivity contribution is -0.118. The molecule has 4 heteroatoms. The first-order chi connectivity index (χ1) is 9.24. The number of amides is 1. The largest absolute Gasteiger partial charge is 0.362 e. The normalized spacial score (nSPS) is 20.1. The Kier molecular flexibility index (Phi) is 3.58. The molecule has 1 aromatic heterocycles. The van der Waals surface area contributed by atoms with Crippen molar-refractivity contribution in [2.75, 3.05) is 5.32 Å². The van der Waals surface area contributed by atoms with E-state index in [9.17, 15) is 4.79 Å². The number of hydrogen-bond donors (Lipinski definition) is 1. The Labute approximate surface area is 113 Å². The number of nitrogens with one attached hydrogen (secondary N) is 1. The van der Waals surface area contributed by atoms with Gasteiger partial charge in [-0.15, -0.1) is 0 Å². The zero-order chi connectivity index (χ0) is 13.2. The second kappa shape index (κ2) is 5.35. The Balaban J connectivity index is 1.58. The van der Waals surface area contributed by atoms with Gasteiger partial charge >= 0.3 is 0 Å². The summed E-state index contributed by atoms with van der Waals surface area (Å²) in [5.74, 6) is 2.84. The number of aryl methyl sites for hydroxylation is 1. The summed E-state index contributed by atoms with van der Waals surface area (Å²) in [7, 11) is 0. The van der Waals surface area contributed by atoms with Crippen LogP contribution in [0.3, 0.4) is 0 Å². The molecule has 1 aromatic rings. The molecule has 104 valence electrons. The van der Waals surface area contributed by atoms with Crippen molar-refractivity contribution >= 4 is 11.7 Å². The van der Waals surface area contributed by atoms with Crippen molar-refractivity contribution in [1.82, 2.24) is 5.16 Å². The molecule has 0 atom stereocenters. The number of rotatable bonds is 5. The molecule has 1 heterocycles. The molecule has 0 spiro atoms. The molecule has 0 saturated heterocycles. The van der Waals surface area contributed by atoms with Crippen LogP contribution in [-0.4, -0.2) is 11.1 Å². The van der Waals surface area contributed by atoms with Crippen LogP contribution in [0, 0.1) is 24.7 Å². The van der Waals surface area contributed by atoms with Crippen LogP contribution in [0.4, 0.5) is 5.82 Å². The Morgan fingerprint density at radius 3 is 2.42 bits per heavy atom. The minimum absolute atomic E-state index is 0.0980. The highest BCUT2D eigenvalue weighted by molar-refractivity contribution is 5.90. The van der Waals surface area contributed by atoms with E-state index in [1.807, 2.05) is 6.92 Å². The second-order valence-electron chi connectivity index (χ2n) is 6.14. The molecule has 1 amide bonds. The van der Waals surface area contributed by atoms with Gasteiger partial charge in [-0.1, -0.05) is 43.7 Å². The molecule has 0 aliphatic heterocycles. The van der Waals surface area contributed by atoms with Crippen LogP contribution < -0.4 is 5.32 Å². The first-order valence-electron chi connectivity index (χ1n) is 7.45. The fourth-order valence-corrected chi connectivity index (χ4v) is 3.26. The van der Waals surface area contributed by atoms with Gasteiger partial charge in [0, 0.05) is 12.0 Å². The van der Waals surface area contributed by atoms with Gasteiger partial charge in [-0.25, -0.2) is 0 Å². The van der Waals surface area contributed by atoms with Crippen molar-refractivity contribution in [2.45, 2.75) is 51.9 Å². The highest BCUT2D eigenvalue weighted by atomic mass is 16.5. The quantitative estimate of drug-likeness (QED) is 0.883. The Morgan fingerprint density at radius 2 is 2.00 bits per heavy atom. The molecule has 0 unspecified atom stereocenters. The third-order valence-electron chi connectivity index (χ3n) is 4.94. The maximum Gasteiger partial charge on any atom is 0.225 e. The van der Waals surface area contributed by atoms with Gasteiger partial charge in [0.15, 0.2) is 5.82 Å². The van der Waals surface area contributed by atoms with Crippen molar-refractivity contribution in [1.29, 1.82) is 0 Å². The molecular weight excluding hydrogens is 240 g/mol. The molecule has 0 aromatic carbocycles. The van der Waals surface area contributed by atoms with Gasteiger partial charge in [0.05, 0.1) is 0 Å². The molecule has 0 radical (unpaired) electrons. The number of carbonyl (C=O) groups is 1. The number of nitrogens with zero attached hydrogens (tertiary/aromatic N) is 1. The van der Waals surface area contributed by atoms with Crippen LogP contribution in [-0.2, 0) is 4.79 Å². The van der Waals surface area contributed by atoms with Crippen molar-refractivity contribution in [2.24, 2.45) is 17.8 Å². The smallest absolute Gasteiger partial charge is 0.225 e. The van der Waals surface area contributed by atoms with Crippen molar-refractivity contribution in [3.63, 3.8) is 0 Å². The monoisotopic (exact) mass is 262 g/mol. The van der Waals surface area contributed by atoms with Crippen LogP contribution >= 0.6 is 0 Å². The minimum Gasteiger partial charge on any atom is -0.362 e. The Bertz CT molecular complexity index is 433.